The second kappa shape index (κ2) is 12.2. The van der Waals surface area contributed by atoms with E-state index in [0.29, 0.717) is 18.0 Å². The maximum atomic E-state index is 10.1. The van der Waals surface area contributed by atoms with E-state index in [9.17, 15) is 4.79 Å². The first-order chi connectivity index (χ1) is 12.8. The van der Waals surface area contributed by atoms with Crippen molar-refractivity contribution < 1.29 is 14.5 Å². The van der Waals surface area contributed by atoms with Gasteiger partial charge in [0.15, 0.2) is 0 Å². The minimum atomic E-state index is -0.252. The molecular weight excluding hydrogens is 388 g/mol. The molecule has 0 aromatic heterocycles. The highest BCUT2D eigenvalue weighted by Gasteiger charge is 2.11. The molecule has 0 atom stereocenters. The van der Waals surface area contributed by atoms with Gasteiger partial charge in [0, 0.05) is 29.0 Å². The second-order valence-electron chi connectivity index (χ2n) is 5.79. The van der Waals surface area contributed by atoms with Crippen molar-refractivity contribution in [1.82, 2.24) is 0 Å². The largest absolute Gasteiger partial charge is 0.349 e. The topological polar surface area (TPSA) is 110 Å². The quantitative estimate of drug-likeness (QED) is 0.337. The number of hydrogen-bond donors (Lipinski definition) is 0. The van der Waals surface area contributed by atoms with E-state index in [4.69, 9.17) is 0 Å². The van der Waals surface area contributed by atoms with Crippen molar-refractivity contribution in [3.8, 4) is 0 Å². The number of rotatable bonds is 0. The van der Waals surface area contributed by atoms with Crippen LogP contribution in [0.15, 0.2) is 41.6 Å². The Balaban J connectivity index is 0.000000180. The van der Waals surface area contributed by atoms with Crippen molar-refractivity contribution in [2.24, 2.45) is 30.1 Å². The SMILES string of the molecule is C=C1CC(C)=NS1.CC1=NN=NC1.CC1=NOC(=O)C1.CC1=NOC(=S)C1. The highest BCUT2D eigenvalue weighted by molar-refractivity contribution is 8.02. The molecule has 4 aliphatic rings. The van der Waals surface area contributed by atoms with E-state index < -0.39 is 0 Å². The zero-order chi connectivity index (χ0) is 20.2. The lowest BCUT2D eigenvalue weighted by Crippen LogP contribution is -1.92. The highest BCUT2D eigenvalue weighted by atomic mass is 32.2. The maximum absolute atomic E-state index is 10.1. The molecule has 0 N–H and O–H groups in total. The molecule has 0 aromatic carbocycles. The molecule has 0 saturated carbocycles. The molecule has 0 unspecified atom stereocenters. The third-order valence-corrected chi connectivity index (χ3v) is 3.79. The number of nitrogens with zero attached hydrogens (tertiary/aromatic N) is 6. The number of thiocarbonyl (C=S) groups is 1. The third-order valence-electron chi connectivity index (χ3n) is 2.77. The van der Waals surface area contributed by atoms with Gasteiger partial charge in [-0.2, -0.15) is 5.11 Å². The molecule has 0 bridgehead atoms. The zero-order valence-corrected chi connectivity index (χ0v) is 17.4. The van der Waals surface area contributed by atoms with Gasteiger partial charge in [0.25, 0.3) is 0 Å². The monoisotopic (exact) mass is 410 g/mol. The van der Waals surface area contributed by atoms with Crippen LogP contribution in [0.3, 0.4) is 0 Å². The van der Waals surface area contributed by atoms with E-state index in [1.165, 1.54) is 17.7 Å². The van der Waals surface area contributed by atoms with Gasteiger partial charge in [0.05, 0.1) is 30.0 Å². The van der Waals surface area contributed by atoms with Crippen LogP contribution in [-0.4, -0.2) is 40.4 Å². The van der Waals surface area contributed by atoms with Gasteiger partial charge in [-0.1, -0.05) is 16.9 Å². The molecule has 0 radical (unpaired) electrons. The number of hydrogen-bond acceptors (Lipinski definition) is 11. The summed E-state index contributed by atoms with van der Waals surface area (Å²) in [6, 6.07) is 0. The van der Waals surface area contributed by atoms with E-state index in [1.54, 1.807) is 6.92 Å². The Hall–Kier alpha value is -2.27. The van der Waals surface area contributed by atoms with Crippen molar-refractivity contribution >= 4 is 58.0 Å². The van der Waals surface area contributed by atoms with E-state index in [-0.39, 0.29) is 5.97 Å². The number of allylic oxidation sites excluding steroid dienone is 1. The van der Waals surface area contributed by atoms with E-state index >= 15 is 0 Å². The summed E-state index contributed by atoms with van der Waals surface area (Å²) >= 11 is 6.16. The average Bonchev–Trinajstić information content (AvgIpc) is 3.37. The first-order valence-electron chi connectivity index (χ1n) is 8.01. The normalized spacial score (nSPS) is 19.2. The van der Waals surface area contributed by atoms with Gasteiger partial charge in [0.1, 0.15) is 6.54 Å². The minimum absolute atomic E-state index is 0.252. The zero-order valence-electron chi connectivity index (χ0n) is 15.8. The molecular formula is C16H22N6O3S2. The Morgan fingerprint density at radius 3 is 1.78 bits per heavy atom. The lowest BCUT2D eigenvalue weighted by atomic mass is 10.3. The van der Waals surface area contributed by atoms with Gasteiger partial charge in [-0.25, -0.2) is 9.19 Å². The second-order valence-corrected chi connectivity index (χ2v) is 7.19. The standard InChI is InChI=1S/C5H7NS.C4H5NO2.C4H5NOS.C3H5N3/c1-4-3-5(2)7-6-4;1-3-2-4(6)7-5-3;1-3-2-4(7)6-5-3;1-3-2-4-6-5-3/h2-3H2,1H3;2*2H2,1H3;2H2,1H3. The molecule has 9 nitrogen and oxygen atoms in total. The Morgan fingerprint density at radius 2 is 1.63 bits per heavy atom. The molecule has 0 fully saturated rings. The van der Waals surface area contributed by atoms with Gasteiger partial charge in [-0.05, 0) is 45.1 Å². The molecule has 11 heteroatoms. The molecule has 0 amide bonds. The van der Waals surface area contributed by atoms with Crippen LogP contribution in [0.2, 0.25) is 0 Å². The Labute approximate surface area is 167 Å². The minimum Gasteiger partial charge on any atom is -0.349 e. The van der Waals surface area contributed by atoms with Gasteiger partial charge >= 0.3 is 5.97 Å². The fourth-order valence-corrected chi connectivity index (χ4v) is 2.44. The fourth-order valence-electron chi connectivity index (χ4n) is 1.57. The maximum Gasteiger partial charge on any atom is 0.340 e. The average molecular weight is 411 g/mol. The number of carbonyl (C=O) groups excluding carboxylic acids is 1. The van der Waals surface area contributed by atoms with Gasteiger partial charge in [0.2, 0.25) is 5.05 Å². The van der Waals surface area contributed by atoms with Crippen LogP contribution in [-0.2, 0) is 14.5 Å². The molecule has 27 heavy (non-hydrogen) atoms. The van der Waals surface area contributed by atoms with Crippen LogP contribution < -0.4 is 0 Å². The lowest BCUT2D eigenvalue weighted by Gasteiger charge is -1.80. The van der Waals surface area contributed by atoms with Gasteiger partial charge in [-0.15, -0.1) is 5.10 Å². The molecule has 146 valence electrons. The first-order valence-corrected chi connectivity index (χ1v) is 9.19. The van der Waals surface area contributed by atoms with Crippen molar-refractivity contribution in [3.63, 3.8) is 0 Å². The highest BCUT2D eigenvalue weighted by Crippen LogP contribution is 2.26. The summed E-state index contributed by atoms with van der Waals surface area (Å²) in [5, 5.41) is 18.1. The fraction of sp³-hybridized carbons (Fsp3) is 0.500. The molecule has 0 aliphatic carbocycles. The third kappa shape index (κ3) is 11.1. The Morgan fingerprint density at radius 1 is 0.963 bits per heavy atom. The van der Waals surface area contributed by atoms with E-state index in [2.05, 4.69) is 58.6 Å². The van der Waals surface area contributed by atoms with Gasteiger partial charge in [-0.3, -0.25) is 0 Å². The summed E-state index contributed by atoms with van der Waals surface area (Å²) in [5.41, 5.74) is 3.90. The van der Waals surface area contributed by atoms with Crippen LogP contribution in [0.25, 0.3) is 0 Å². The molecule has 4 aliphatic heterocycles. The molecule has 0 spiro atoms. The van der Waals surface area contributed by atoms with Crippen LogP contribution in [0, 0.1) is 0 Å². The molecule has 0 saturated heterocycles. The predicted molar refractivity (Wildman–Crippen MR) is 113 cm³/mol. The van der Waals surface area contributed by atoms with Crippen molar-refractivity contribution in [1.29, 1.82) is 0 Å². The van der Waals surface area contributed by atoms with Crippen molar-refractivity contribution in [2.75, 3.05) is 6.54 Å². The molecule has 0 aromatic rings. The van der Waals surface area contributed by atoms with Crippen LogP contribution in [0.5, 0.6) is 0 Å². The molecule has 4 heterocycles. The summed E-state index contributed by atoms with van der Waals surface area (Å²) in [6.07, 6.45) is 2.08. The summed E-state index contributed by atoms with van der Waals surface area (Å²) in [5.74, 6) is -0.252. The Kier molecular flexibility index (Phi) is 10.3. The van der Waals surface area contributed by atoms with Gasteiger partial charge < -0.3 is 9.68 Å². The van der Waals surface area contributed by atoms with Crippen molar-refractivity contribution in [2.45, 2.75) is 47.0 Å². The Bertz CT molecular complexity index is 664. The lowest BCUT2D eigenvalue weighted by molar-refractivity contribution is -0.140. The van der Waals surface area contributed by atoms with Crippen LogP contribution >= 0.6 is 24.2 Å². The molecule has 4 rings (SSSR count). The summed E-state index contributed by atoms with van der Waals surface area (Å²) in [4.78, 5) is 20.1. The van der Waals surface area contributed by atoms with Crippen molar-refractivity contribution in [3.05, 3.63) is 11.5 Å². The summed E-state index contributed by atoms with van der Waals surface area (Å²) in [7, 11) is 0. The smallest absolute Gasteiger partial charge is 0.340 e. The summed E-state index contributed by atoms with van der Waals surface area (Å²) < 4.78 is 4.05. The predicted octanol–water partition coefficient (Wildman–Crippen LogP) is 4.26. The van der Waals surface area contributed by atoms with E-state index in [0.717, 1.165) is 34.9 Å². The number of oxime groups is 2. The van der Waals surface area contributed by atoms with Crippen LogP contribution in [0.4, 0.5) is 0 Å². The summed E-state index contributed by atoms with van der Waals surface area (Å²) in [6.45, 7) is 12.0. The first kappa shape index (κ1) is 22.8. The number of carbonyl (C=O) groups is 1. The van der Waals surface area contributed by atoms with E-state index in [1.807, 2.05) is 20.8 Å². The van der Waals surface area contributed by atoms with Crippen LogP contribution in [0.1, 0.15) is 47.0 Å².